The Hall–Kier alpha value is -0.0400. The van der Waals surface area contributed by atoms with Gasteiger partial charge in [-0.1, -0.05) is 84.0 Å². The molecule has 0 unspecified atom stereocenters. The molecule has 0 saturated heterocycles. The SMILES string of the molecule is CCCCCCCCCCCCN(C)C1CCCCC1. The third-order valence-electron chi connectivity index (χ3n) is 5.06. The summed E-state index contributed by atoms with van der Waals surface area (Å²) in [6.45, 7) is 3.63. The lowest BCUT2D eigenvalue weighted by Gasteiger charge is -2.31. The highest BCUT2D eigenvalue weighted by Gasteiger charge is 2.16. The molecule has 0 spiro atoms. The minimum absolute atomic E-state index is 0.905. The first-order valence-corrected chi connectivity index (χ1v) is 9.55. The first-order chi connectivity index (χ1) is 9.84. The van der Waals surface area contributed by atoms with Crippen molar-refractivity contribution in [1.82, 2.24) is 4.90 Å². The van der Waals surface area contributed by atoms with Crippen molar-refractivity contribution in [2.24, 2.45) is 0 Å². The fourth-order valence-corrected chi connectivity index (χ4v) is 3.55. The zero-order valence-electron chi connectivity index (χ0n) is 14.3. The van der Waals surface area contributed by atoms with Gasteiger partial charge in [0, 0.05) is 6.04 Å². The topological polar surface area (TPSA) is 3.24 Å². The van der Waals surface area contributed by atoms with Crippen molar-refractivity contribution in [3.63, 3.8) is 0 Å². The number of rotatable bonds is 12. The Morgan fingerprint density at radius 1 is 0.700 bits per heavy atom. The lowest BCUT2D eigenvalue weighted by molar-refractivity contribution is 0.188. The number of hydrogen-bond acceptors (Lipinski definition) is 1. The van der Waals surface area contributed by atoms with Crippen molar-refractivity contribution in [2.45, 2.75) is 109 Å². The van der Waals surface area contributed by atoms with Gasteiger partial charge >= 0.3 is 0 Å². The highest BCUT2D eigenvalue weighted by Crippen LogP contribution is 2.22. The molecule has 0 radical (unpaired) electrons. The molecule has 120 valence electrons. The van der Waals surface area contributed by atoms with Gasteiger partial charge in [-0.2, -0.15) is 0 Å². The average molecular weight is 282 g/mol. The summed E-state index contributed by atoms with van der Waals surface area (Å²) in [5.74, 6) is 0. The summed E-state index contributed by atoms with van der Waals surface area (Å²) in [6.07, 6.45) is 21.8. The monoisotopic (exact) mass is 281 g/mol. The molecule has 1 aliphatic rings. The van der Waals surface area contributed by atoms with Crippen LogP contribution in [0.3, 0.4) is 0 Å². The van der Waals surface area contributed by atoms with Gasteiger partial charge in [0.05, 0.1) is 0 Å². The molecule has 0 atom stereocenters. The van der Waals surface area contributed by atoms with E-state index < -0.39 is 0 Å². The molecule has 20 heavy (non-hydrogen) atoms. The predicted octanol–water partition coefficient (Wildman–Crippen LogP) is 6.17. The fraction of sp³-hybridized carbons (Fsp3) is 1.00. The van der Waals surface area contributed by atoms with E-state index in [4.69, 9.17) is 0 Å². The molecule has 0 aromatic carbocycles. The van der Waals surface area contributed by atoms with Crippen molar-refractivity contribution in [3.05, 3.63) is 0 Å². The van der Waals surface area contributed by atoms with Crippen LogP contribution >= 0.6 is 0 Å². The second-order valence-electron chi connectivity index (χ2n) is 6.95. The lowest BCUT2D eigenvalue weighted by Crippen LogP contribution is -2.34. The molecular weight excluding hydrogens is 242 g/mol. The second-order valence-corrected chi connectivity index (χ2v) is 6.95. The molecule has 0 aliphatic heterocycles. The van der Waals surface area contributed by atoms with Crippen LogP contribution in [0.1, 0.15) is 103 Å². The van der Waals surface area contributed by atoms with Crippen molar-refractivity contribution in [3.8, 4) is 0 Å². The van der Waals surface area contributed by atoms with Gasteiger partial charge in [-0.25, -0.2) is 0 Å². The molecule has 0 amide bonds. The maximum absolute atomic E-state index is 2.64. The molecule has 0 N–H and O–H groups in total. The van der Waals surface area contributed by atoms with Crippen LogP contribution in [0.25, 0.3) is 0 Å². The molecule has 0 aromatic rings. The molecule has 1 fully saturated rings. The lowest BCUT2D eigenvalue weighted by atomic mass is 9.94. The minimum atomic E-state index is 0.905. The van der Waals surface area contributed by atoms with Gasteiger partial charge in [0.2, 0.25) is 0 Å². The normalized spacial score (nSPS) is 16.9. The molecule has 1 nitrogen and oxygen atoms in total. The van der Waals surface area contributed by atoms with Crippen LogP contribution in [0, 0.1) is 0 Å². The fourth-order valence-electron chi connectivity index (χ4n) is 3.55. The van der Waals surface area contributed by atoms with E-state index in [1.54, 1.807) is 0 Å². The van der Waals surface area contributed by atoms with Gasteiger partial charge in [-0.05, 0) is 32.9 Å². The van der Waals surface area contributed by atoms with Crippen LogP contribution in [0.15, 0.2) is 0 Å². The molecule has 0 aromatic heterocycles. The largest absolute Gasteiger partial charge is 0.303 e. The molecule has 1 heteroatoms. The van der Waals surface area contributed by atoms with Crippen LogP contribution in [0.2, 0.25) is 0 Å². The first kappa shape index (κ1) is 18.0. The van der Waals surface area contributed by atoms with Crippen molar-refractivity contribution < 1.29 is 0 Å². The van der Waals surface area contributed by atoms with Crippen LogP contribution in [-0.2, 0) is 0 Å². The standard InChI is InChI=1S/C19H39N/c1-3-4-5-6-7-8-9-10-11-15-18-20(2)19-16-13-12-14-17-19/h19H,3-18H2,1-2H3. The van der Waals surface area contributed by atoms with E-state index in [0.29, 0.717) is 0 Å². The van der Waals surface area contributed by atoms with Crippen LogP contribution < -0.4 is 0 Å². The average Bonchev–Trinajstić information content (AvgIpc) is 2.50. The Balaban J connectivity index is 1.82. The van der Waals surface area contributed by atoms with Crippen molar-refractivity contribution in [2.75, 3.05) is 13.6 Å². The summed E-state index contributed by atoms with van der Waals surface area (Å²) < 4.78 is 0. The third-order valence-corrected chi connectivity index (χ3v) is 5.06. The van der Waals surface area contributed by atoms with E-state index in [1.807, 2.05) is 0 Å². The molecule has 0 bridgehead atoms. The summed E-state index contributed by atoms with van der Waals surface area (Å²) in [4.78, 5) is 2.64. The zero-order valence-corrected chi connectivity index (χ0v) is 14.3. The van der Waals surface area contributed by atoms with Gasteiger partial charge in [-0.15, -0.1) is 0 Å². The van der Waals surface area contributed by atoms with E-state index >= 15 is 0 Å². The Morgan fingerprint density at radius 3 is 1.75 bits per heavy atom. The van der Waals surface area contributed by atoms with Crippen molar-refractivity contribution >= 4 is 0 Å². The maximum atomic E-state index is 2.64. The Kier molecular flexibility index (Phi) is 11.4. The van der Waals surface area contributed by atoms with E-state index in [2.05, 4.69) is 18.9 Å². The van der Waals surface area contributed by atoms with Gasteiger partial charge in [-0.3, -0.25) is 0 Å². The Labute approximate surface area is 128 Å². The summed E-state index contributed by atoms with van der Waals surface area (Å²) >= 11 is 0. The Morgan fingerprint density at radius 2 is 1.20 bits per heavy atom. The van der Waals surface area contributed by atoms with Gasteiger partial charge in [0.15, 0.2) is 0 Å². The minimum Gasteiger partial charge on any atom is -0.303 e. The summed E-state index contributed by atoms with van der Waals surface area (Å²) in [6, 6.07) is 0.905. The summed E-state index contributed by atoms with van der Waals surface area (Å²) in [5, 5.41) is 0. The highest BCUT2D eigenvalue weighted by atomic mass is 15.1. The molecule has 1 saturated carbocycles. The van der Waals surface area contributed by atoms with Crippen LogP contribution in [0.5, 0.6) is 0 Å². The van der Waals surface area contributed by atoms with E-state index in [0.717, 1.165) is 6.04 Å². The second kappa shape index (κ2) is 12.7. The molecule has 1 rings (SSSR count). The molecule has 1 aliphatic carbocycles. The number of hydrogen-bond donors (Lipinski definition) is 0. The zero-order chi connectivity index (χ0) is 14.5. The third kappa shape index (κ3) is 9.00. The summed E-state index contributed by atoms with van der Waals surface area (Å²) in [7, 11) is 2.35. The van der Waals surface area contributed by atoms with Gasteiger partial charge in [0.25, 0.3) is 0 Å². The van der Waals surface area contributed by atoms with Gasteiger partial charge in [0.1, 0.15) is 0 Å². The number of unbranched alkanes of at least 4 members (excludes halogenated alkanes) is 9. The quantitative estimate of drug-likeness (QED) is 0.386. The van der Waals surface area contributed by atoms with Crippen molar-refractivity contribution in [1.29, 1.82) is 0 Å². The number of nitrogens with zero attached hydrogens (tertiary/aromatic N) is 1. The summed E-state index contributed by atoms with van der Waals surface area (Å²) in [5.41, 5.74) is 0. The predicted molar refractivity (Wildman–Crippen MR) is 91.3 cm³/mol. The smallest absolute Gasteiger partial charge is 0.00922 e. The first-order valence-electron chi connectivity index (χ1n) is 9.55. The Bertz CT molecular complexity index is 196. The highest BCUT2D eigenvalue weighted by molar-refractivity contribution is 4.73. The molecular formula is C19H39N. The van der Waals surface area contributed by atoms with E-state index in [-0.39, 0.29) is 0 Å². The van der Waals surface area contributed by atoms with Crippen LogP contribution in [0.4, 0.5) is 0 Å². The van der Waals surface area contributed by atoms with E-state index in [9.17, 15) is 0 Å². The maximum Gasteiger partial charge on any atom is 0.00922 e. The van der Waals surface area contributed by atoms with Gasteiger partial charge < -0.3 is 4.90 Å². The van der Waals surface area contributed by atoms with Crippen LogP contribution in [-0.4, -0.2) is 24.5 Å². The molecule has 0 heterocycles. The van der Waals surface area contributed by atoms with E-state index in [1.165, 1.54) is 103 Å².